The van der Waals surface area contributed by atoms with Crippen molar-refractivity contribution in [3.05, 3.63) is 0 Å². The van der Waals surface area contributed by atoms with Gasteiger partial charge >= 0.3 is 0 Å². The number of rotatable bonds is 6. The molecule has 0 aliphatic heterocycles. The van der Waals surface area contributed by atoms with E-state index in [2.05, 4.69) is 47.5 Å². The molecule has 5 saturated carbocycles. The van der Waals surface area contributed by atoms with Crippen LogP contribution in [0.3, 0.4) is 0 Å². The van der Waals surface area contributed by atoms with Crippen molar-refractivity contribution < 1.29 is 24.9 Å². The van der Waals surface area contributed by atoms with Gasteiger partial charge in [-0.3, -0.25) is 4.79 Å². The van der Waals surface area contributed by atoms with Gasteiger partial charge in [-0.1, -0.05) is 34.6 Å². The fourth-order valence-corrected chi connectivity index (χ4v) is 11.8. The number of ether oxygens (including phenoxy) is 1. The highest BCUT2D eigenvalue weighted by molar-refractivity contribution is 5.90. The van der Waals surface area contributed by atoms with Gasteiger partial charge in [0, 0.05) is 18.9 Å². The molecule has 0 aromatic heterocycles. The van der Waals surface area contributed by atoms with Crippen LogP contribution in [0.25, 0.3) is 0 Å². The maximum Gasteiger partial charge on any atom is 0.165 e. The molecule has 216 valence electrons. The van der Waals surface area contributed by atoms with E-state index in [1.54, 1.807) is 21.0 Å². The number of carbonyl (C=O) groups excluding carboxylic acids is 1. The van der Waals surface area contributed by atoms with Gasteiger partial charge in [0.25, 0.3) is 0 Å². The molecule has 4 unspecified atom stereocenters. The average molecular weight is 531 g/mol. The fourth-order valence-electron chi connectivity index (χ4n) is 11.8. The van der Waals surface area contributed by atoms with Crippen molar-refractivity contribution in [1.29, 1.82) is 0 Å². The van der Waals surface area contributed by atoms with Gasteiger partial charge < -0.3 is 20.1 Å². The number of carbonyl (C=O) groups is 1. The molecule has 0 bridgehead atoms. The zero-order valence-corrected chi connectivity index (χ0v) is 25.2. The number of hydrogen-bond acceptors (Lipinski definition) is 5. The molecule has 3 N–H and O–H groups in total. The molecule has 0 amide bonds. The Labute approximate surface area is 231 Å². The van der Waals surface area contributed by atoms with Crippen LogP contribution >= 0.6 is 0 Å². The second kappa shape index (κ2) is 9.57. The summed E-state index contributed by atoms with van der Waals surface area (Å²) in [5.41, 5.74) is -0.710. The first kappa shape index (κ1) is 30.0. The average Bonchev–Trinajstić information content (AvgIpc) is 3.30. The Morgan fingerprint density at radius 3 is 2.24 bits per heavy atom. The second-order valence-electron chi connectivity index (χ2n) is 15.2. The molecule has 5 aliphatic carbocycles. The Morgan fingerprint density at radius 1 is 1.03 bits per heavy atom. The van der Waals surface area contributed by atoms with E-state index in [9.17, 15) is 20.1 Å². The monoisotopic (exact) mass is 530 g/mol. The first-order valence-electron chi connectivity index (χ1n) is 15.1. The highest BCUT2D eigenvalue weighted by Gasteiger charge is 2.85. The summed E-state index contributed by atoms with van der Waals surface area (Å²) >= 11 is 0. The summed E-state index contributed by atoms with van der Waals surface area (Å²) in [6.45, 7) is 15.1. The number of terminal acetylenes is 1. The minimum atomic E-state index is -0.918. The molecule has 0 radical (unpaired) electrons. The van der Waals surface area contributed by atoms with E-state index in [4.69, 9.17) is 4.74 Å². The molecular weight excluding hydrogens is 476 g/mol. The summed E-state index contributed by atoms with van der Waals surface area (Å²) in [7, 11) is 1.65. The third-order valence-corrected chi connectivity index (χ3v) is 13.4. The Hall–Kier alpha value is -0.930. The normalized spacial score (nSPS) is 48.3. The fraction of sp³-hybridized carbons (Fsp3) is 0.909. The molecular formula is C33H54O5. The van der Waals surface area contributed by atoms with Gasteiger partial charge in [-0.15, -0.1) is 12.8 Å². The number of hydrogen-bond donors (Lipinski definition) is 3. The third kappa shape index (κ3) is 3.69. The summed E-state index contributed by atoms with van der Waals surface area (Å²) in [6.07, 6.45) is 14.4. The number of Topliss-reactive ketones (excluding diaryl/α,β-unsaturated/α-hetero) is 1. The Morgan fingerprint density at radius 2 is 1.66 bits per heavy atom. The van der Waals surface area contributed by atoms with Crippen molar-refractivity contribution in [2.24, 2.45) is 57.2 Å². The van der Waals surface area contributed by atoms with Gasteiger partial charge in [-0.25, -0.2) is 0 Å². The first-order valence-corrected chi connectivity index (χ1v) is 15.1. The van der Waals surface area contributed by atoms with Crippen molar-refractivity contribution in [3.63, 3.8) is 0 Å². The number of aliphatic hydroxyl groups is 3. The number of fused-ring (bicyclic) bond motifs is 2. The lowest BCUT2D eigenvalue weighted by atomic mass is 9.46. The lowest BCUT2D eigenvalue weighted by Gasteiger charge is -2.58. The number of aliphatic hydroxyl groups excluding tert-OH is 2. The van der Waals surface area contributed by atoms with Crippen molar-refractivity contribution in [3.8, 4) is 12.8 Å². The zero-order valence-electron chi connectivity index (χ0n) is 25.2. The predicted octanol–water partition coefficient (Wildman–Crippen LogP) is 5.24. The Bertz CT molecular complexity index is 933. The van der Waals surface area contributed by atoms with E-state index >= 15 is 0 Å². The van der Waals surface area contributed by atoms with Crippen molar-refractivity contribution in [2.45, 2.75) is 124 Å². The minimum absolute atomic E-state index is 0.0426. The van der Waals surface area contributed by atoms with Crippen LogP contribution in [0.4, 0.5) is 0 Å². The van der Waals surface area contributed by atoms with E-state index in [-0.39, 0.29) is 57.4 Å². The zero-order chi connectivity index (χ0) is 28.6. The molecule has 0 saturated heterocycles. The molecule has 5 aliphatic rings. The maximum atomic E-state index is 13.9. The summed E-state index contributed by atoms with van der Waals surface area (Å²) < 4.78 is 5.59. The van der Waals surface area contributed by atoms with Crippen LogP contribution < -0.4 is 0 Å². The van der Waals surface area contributed by atoms with Crippen molar-refractivity contribution >= 4 is 5.78 Å². The van der Waals surface area contributed by atoms with Crippen LogP contribution in [0.15, 0.2) is 0 Å². The van der Waals surface area contributed by atoms with Gasteiger partial charge in [-0.05, 0) is 111 Å². The topological polar surface area (TPSA) is 87.0 Å². The molecule has 0 aromatic carbocycles. The highest BCUT2D eigenvalue weighted by Crippen LogP contribution is 2.89. The van der Waals surface area contributed by atoms with Gasteiger partial charge in [0.15, 0.2) is 5.78 Å². The molecule has 38 heavy (non-hydrogen) atoms. The van der Waals surface area contributed by atoms with Crippen LogP contribution in [-0.4, -0.2) is 52.1 Å². The van der Waals surface area contributed by atoms with E-state index in [1.807, 2.05) is 0 Å². The van der Waals surface area contributed by atoms with E-state index in [0.717, 1.165) is 44.9 Å². The molecule has 0 aromatic rings. The molecule has 5 heteroatoms. The summed E-state index contributed by atoms with van der Waals surface area (Å²) in [5, 5.41) is 32.8. The summed E-state index contributed by atoms with van der Waals surface area (Å²) in [6, 6.07) is 0. The quantitative estimate of drug-likeness (QED) is 0.409. The number of methoxy groups -OCH3 is 1. The van der Waals surface area contributed by atoms with Crippen LogP contribution in [0.1, 0.15) is 99.8 Å². The summed E-state index contributed by atoms with van der Waals surface area (Å²) in [5.74, 6) is 1.66. The summed E-state index contributed by atoms with van der Waals surface area (Å²) in [4.78, 5) is 13.9. The van der Waals surface area contributed by atoms with E-state index in [1.165, 1.54) is 0 Å². The molecule has 5 rings (SSSR count). The largest absolute Gasteiger partial charge is 0.393 e. The SMILES string of the molecule is C#C.CO[C@@H](CC[C@@H](C)C1[C@H](O)C(=O)C2[C@@H]3CCC4C(C)(C)[C@@H](O)CCC45[C@@H](C)[C@@]35CC[C@]12C)C(C)(C)O. The smallest absolute Gasteiger partial charge is 0.165 e. The standard InChI is InChI=1S/C31H52O5.C2H2/c1-17(9-12-22(36-8)28(5,6)35)23-25(33)26(34)24-19-10-11-20-27(3,4)21(32)13-14-31(20)18(2)30(19,31)16-15-29(23,24)7;1-2/h17-25,32-33,35H,9-16H2,1-8H3;1-2H/t17-,18+,19+,20?,21+,22+,23?,24?,25+,29-,30+,31?;/m1./s1. The molecule has 2 spiro atoms. The Kier molecular flexibility index (Phi) is 7.57. The highest BCUT2D eigenvalue weighted by atomic mass is 16.5. The minimum Gasteiger partial charge on any atom is -0.393 e. The lowest BCUT2D eigenvalue weighted by molar-refractivity contribution is -0.146. The van der Waals surface area contributed by atoms with Crippen LogP contribution in [-0.2, 0) is 9.53 Å². The lowest BCUT2D eigenvalue weighted by Crippen LogP contribution is -2.55. The predicted molar refractivity (Wildman–Crippen MR) is 150 cm³/mol. The van der Waals surface area contributed by atoms with Crippen LogP contribution in [0.5, 0.6) is 0 Å². The van der Waals surface area contributed by atoms with Crippen molar-refractivity contribution in [2.75, 3.05) is 7.11 Å². The van der Waals surface area contributed by atoms with E-state index in [0.29, 0.717) is 24.2 Å². The second-order valence-corrected chi connectivity index (χ2v) is 15.2. The molecule has 12 atom stereocenters. The molecule has 5 nitrogen and oxygen atoms in total. The van der Waals surface area contributed by atoms with Crippen molar-refractivity contribution in [1.82, 2.24) is 0 Å². The van der Waals surface area contributed by atoms with Gasteiger partial charge in [-0.2, -0.15) is 0 Å². The molecule has 0 heterocycles. The van der Waals surface area contributed by atoms with E-state index < -0.39 is 11.7 Å². The molecule has 5 fully saturated rings. The Balaban J connectivity index is 0.00000164. The maximum absolute atomic E-state index is 13.9. The van der Waals surface area contributed by atoms with Gasteiger partial charge in [0.2, 0.25) is 0 Å². The third-order valence-electron chi connectivity index (χ3n) is 13.4. The van der Waals surface area contributed by atoms with Gasteiger partial charge in [0.05, 0.1) is 17.8 Å². The van der Waals surface area contributed by atoms with Crippen LogP contribution in [0, 0.1) is 70.0 Å². The first-order chi connectivity index (χ1) is 17.6. The van der Waals surface area contributed by atoms with Crippen LogP contribution in [0.2, 0.25) is 0 Å². The van der Waals surface area contributed by atoms with Gasteiger partial charge in [0.1, 0.15) is 6.10 Å². The number of ketones is 1.